The van der Waals surface area contributed by atoms with Gasteiger partial charge in [0.15, 0.2) is 0 Å². The number of hydroxylamine groups is 1. The summed E-state index contributed by atoms with van der Waals surface area (Å²) in [5.41, 5.74) is 3.50. The summed E-state index contributed by atoms with van der Waals surface area (Å²) in [7, 11) is 0. The van der Waals surface area contributed by atoms with Gasteiger partial charge in [0.25, 0.3) is 11.8 Å². The fraction of sp³-hybridized carbons (Fsp3) is 0.143. The zero-order chi connectivity index (χ0) is 19.6. The normalized spacial score (nSPS) is 12.6. The van der Waals surface area contributed by atoms with Crippen molar-refractivity contribution in [2.45, 2.75) is 19.1 Å². The summed E-state index contributed by atoms with van der Waals surface area (Å²) >= 11 is 0. The molecule has 0 unspecified atom stereocenters. The zero-order valence-electron chi connectivity index (χ0n) is 14.7. The topological polar surface area (TPSA) is 98.7 Å². The van der Waals surface area contributed by atoms with Gasteiger partial charge in [0, 0.05) is 11.1 Å². The number of hydrogen-bond donors (Lipinski definition) is 4. The molecule has 138 valence electrons. The van der Waals surface area contributed by atoms with E-state index in [1.54, 1.807) is 30.3 Å². The highest BCUT2D eigenvalue weighted by Crippen LogP contribution is 2.05. The lowest BCUT2D eigenvalue weighted by atomic mass is 10.1. The van der Waals surface area contributed by atoms with Crippen molar-refractivity contribution in [2.24, 2.45) is 0 Å². The van der Waals surface area contributed by atoms with Crippen molar-refractivity contribution in [2.75, 3.05) is 0 Å². The van der Waals surface area contributed by atoms with Crippen molar-refractivity contribution in [1.82, 2.24) is 10.8 Å². The smallest absolute Gasteiger partial charge is 0.268 e. The molecule has 0 radical (unpaired) electrons. The van der Waals surface area contributed by atoms with E-state index in [9.17, 15) is 14.7 Å². The number of amides is 2. The fourth-order valence-electron chi connectivity index (χ4n) is 2.23. The Bertz CT molecular complexity index is 863. The molecule has 2 amide bonds. The second kappa shape index (κ2) is 9.92. The third kappa shape index (κ3) is 6.12. The van der Waals surface area contributed by atoms with E-state index in [2.05, 4.69) is 17.2 Å². The minimum absolute atomic E-state index is 0.303. The molecule has 0 aliphatic rings. The molecule has 2 atom stereocenters. The van der Waals surface area contributed by atoms with Crippen LogP contribution in [0, 0.1) is 11.8 Å². The maximum Gasteiger partial charge on any atom is 0.268 e. The third-order valence-corrected chi connectivity index (χ3v) is 3.68. The number of carbonyl (C=O) groups is 2. The van der Waals surface area contributed by atoms with Crippen LogP contribution < -0.4 is 10.8 Å². The van der Waals surface area contributed by atoms with Gasteiger partial charge in [0.05, 0.1) is 6.10 Å². The van der Waals surface area contributed by atoms with Crippen molar-refractivity contribution in [3.8, 4) is 11.8 Å². The first-order valence-electron chi connectivity index (χ1n) is 8.27. The van der Waals surface area contributed by atoms with Crippen LogP contribution in [-0.4, -0.2) is 34.3 Å². The van der Waals surface area contributed by atoms with E-state index in [1.807, 2.05) is 36.4 Å². The highest BCUT2D eigenvalue weighted by atomic mass is 16.5. The molecule has 0 aliphatic carbocycles. The number of nitrogens with one attached hydrogen (secondary N) is 2. The molecule has 0 heterocycles. The second-order valence-electron chi connectivity index (χ2n) is 5.76. The molecule has 0 aromatic heterocycles. The first-order chi connectivity index (χ1) is 13.0. The monoisotopic (exact) mass is 364 g/mol. The molecule has 2 aromatic rings. The Morgan fingerprint density at radius 1 is 1.07 bits per heavy atom. The van der Waals surface area contributed by atoms with E-state index in [-0.39, 0.29) is 0 Å². The van der Waals surface area contributed by atoms with Crippen molar-refractivity contribution in [3.05, 3.63) is 77.4 Å². The number of benzene rings is 2. The highest BCUT2D eigenvalue weighted by Gasteiger charge is 2.25. The molecular weight excluding hydrogens is 344 g/mol. The van der Waals surface area contributed by atoms with Crippen LogP contribution in [0.2, 0.25) is 0 Å². The summed E-state index contributed by atoms with van der Waals surface area (Å²) in [6.07, 6.45) is 2.48. The predicted molar refractivity (Wildman–Crippen MR) is 102 cm³/mol. The van der Waals surface area contributed by atoms with Crippen LogP contribution >= 0.6 is 0 Å². The molecular formula is C21H20N2O4. The molecule has 0 fully saturated rings. The summed E-state index contributed by atoms with van der Waals surface area (Å²) in [6.45, 7) is 1.34. The van der Waals surface area contributed by atoms with Gasteiger partial charge in [-0.3, -0.25) is 14.8 Å². The zero-order valence-corrected chi connectivity index (χ0v) is 14.7. The van der Waals surface area contributed by atoms with E-state index in [0.717, 1.165) is 11.1 Å². The molecule has 0 saturated heterocycles. The Morgan fingerprint density at radius 2 is 1.74 bits per heavy atom. The molecule has 2 aromatic carbocycles. The van der Waals surface area contributed by atoms with Gasteiger partial charge in [-0.2, -0.15) is 0 Å². The summed E-state index contributed by atoms with van der Waals surface area (Å²) in [6, 6.07) is 15.0. The van der Waals surface area contributed by atoms with E-state index in [0.29, 0.717) is 5.56 Å². The van der Waals surface area contributed by atoms with Crippen LogP contribution in [0.25, 0.3) is 6.08 Å². The van der Waals surface area contributed by atoms with E-state index < -0.39 is 24.0 Å². The molecule has 0 bridgehead atoms. The van der Waals surface area contributed by atoms with Gasteiger partial charge >= 0.3 is 0 Å². The molecule has 2 rings (SSSR count). The minimum atomic E-state index is -1.26. The Kier molecular flexibility index (Phi) is 7.32. The lowest BCUT2D eigenvalue weighted by molar-refractivity contribution is -0.133. The van der Waals surface area contributed by atoms with Gasteiger partial charge in [0.1, 0.15) is 6.04 Å². The standard InChI is InChI=1S/C21H20N2O4/c1-15(24)19(21(26)23-27)22-20(25)18-13-11-17(12-14-18)10-6-5-9-16-7-3-2-4-8-16/h2-5,7-9,11-15,19,24,27H,1H3,(H,22,25)(H,23,26)/b9-5+/t15-,19+/m1/s1. The quantitative estimate of drug-likeness (QED) is 0.369. The lowest BCUT2D eigenvalue weighted by Crippen LogP contribution is -2.51. The Balaban J connectivity index is 2.00. The fourth-order valence-corrected chi connectivity index (χ4v) is 2.23. The average molecular weight is 364 g/mol. The molecule has 6 nitrogen and oxygen atoms in total. The van der Waals surface area contributed by atoms with E-state index >= 15 is 0 Å². The highest BCUT2D eigenvalue weighted by molar-refractivity contribution is 5.97. The third-order valence-electron chi connectivity index (χ3n) is 3.68. The van der Waals surface area contributed by atoms with Gasteiger partial charge in [0.2, 0.25) is 0 Å². The number of aliphatic hydroxyl groups is 1. The van der Waals surface area contributed by atoms with Crippen LogP contribution in [0.15, 0.2) is 60.7 Å². The average Bonchev–Trinajstić information content (AvgIpc) is 2.69. The lowest BCUT2D eigenvalue weighted by Gasteiger charge is -2.19. The predicted octanol–water partition coefficient (Wildman–Crippen LogP) is 1.74. The van der Waals surface area contributed by atoms with Gasteiger partial charge < -0.3 is 10.4 Å². The summed E-state index contributed by atoms with van der Waals surface area (Å²) < 4.78 is 0. The maximum atomic E-state index is 12.2. The van der Waals surface area contributed by atoms with Crippen molar-refractivity contribution < 1.29 is 19.9 Å². The van der Waals surface area contributed by atoms with E-state index in [1.165, 1.54) is 12.4 Å². The molecule has 4 N–H and O–H groups in total. The van der Waals surface area contributed by atoms with Gasteiger partial charge in [-0.1, -0.05) is 42.2 Å². The molecule has 6 heteroatoms. The van der Waals surface area contributed by atoms with Crippen molar-refractivity contribution in [3.63, 3.8) is 0 Å². The first-order valence-corrected chi connectivity index (χ1v) is 8.27. The van der Waals surface area contributed by atoms with Crippen LogP contribution in [0.5, 0.6) is 0 Å². The molecule has 0 aliphatic heterocycles. The minimum Gasteiger partial charge on any atom is -0.391 e. The summed E-state index contributed by atoms with van der Waals surface area (Å²) in [5.74, 6) is 4.44. The molecule has 0 saturated carbocycles. The Morgan fingerprint density at radius 3 is 2.33 bits per heavy atom. The van der Waals surface area contributed by atoms with Gasteiger partial charge in [-0.25, -0.2) is 5.48 Å². The van der Waals surface area contributed by atoms with Crippen molar-refractivity contribution >= 4 is 17.9 Å². The first kappa shape index (κ1) is 19.9. The Labute approximate surface area is 157 Å². The van der Waals surface area contributed by atoms with Crippen molar-refractivity contribution in [1.29, 1.82) is 0 Å². The van der Waals surface area contributed by atoms with Gasteiger partial charge in [-0.15, -0.1) is 0 Å². The molecule has 27 heavy (non-hydrogen) atoms. The number of aliphatic hydroxyl groups excluding tert-OH is 1. The maximum absolute atomic E-state index is 12.2. The number of hydrogen-bond acceptors (Lipinski definition) is 4. The van der Waals surface area contributed by atoms with E-state index in [4.69, 9.17) is 5.21 Å². The number of carbonyl (C=O) groups excluding carboxylic acids is 2. The van der Waals surface area contributed by atoms with Crippen LogP contribution in [0.4, 0.5) is 0 Å². The summed E-state index contributed by atoms with van der Waals surface area (Å²) in [5, 5.41) is 20.6. The second-order valence-corrected chi connectivity index (χ2v) is 5.76. The Hall–Kier alpha value is -3.40. The summed E-state index contributed by atoms with van der Waals surface area (Å²) in [4.78, 5) is 23.6. The SMILES string of the molecule is C[C@@H](O)[C@H](NC(=O)c1ccc(C#C/C=C/c2ccccc2)cc1)C(=O)NO. The molecule has 0 spiro atoms. The number of rotatable bonds is 5. The number of allylic oxidation sites excluding steroid dienone is 1. The van der Waals surface area contributed by atoms with Crippen LogP contribution in [0.3, 0.4) is 0 Å². The van der Waals surface area contributed by atoms with Crippen LogP contribution in [0.1, 0.15) is 28.4 Å². The van der Waals surface area contributed by atoms with Gasteiger partial charge in [-0.05, 0) is 48.9 Å². The largest absolute Gasteiger partial charge is 0.391 e. The van der Waals surface area contributed by atoms with Crippen LogP contribution in [-0.2, 0) is 4.79 Å².